The predicted molar refractivity (Wildman–Crippen MR) is 92.2 cm³/mol. The summed E-state index contributed by atoms with van der Waals surface area (Å²) in [6, 6.07) is 4.70. The van der Waals surface area contributed by atoms with E-state index in [-0.39, 0.29) is 35.7 Å². The Hall–Kier alpha value is -3.02. The maximum absolute atomic E-state index is 12.3. The molecule has 2 aliphatic rings. The number of benzene rings is 1. The van der Waals surface area contributed by atoms with Gasteiger partial charge in [0.2, 0.25) is 0 Å². The fraction of sp³-hybridized carbons (Fsp3) is 0.529. The van der Waals surface area contributed by atoms with Crippen molar-refractivity contribution in [2.24, 2.45) is 0 Å². The highest BCUT2D eigenvalue weighted by atomic mass is 16.6. The second kappa shape index (κ2) is 6.37. The van der Waals surface area contributed by atoms with Crippen LogP contribution in [0.4, 0.5) is 16.2 Å². The highest BCUT2D eigenvalue weighted by Gasteiger charge is 2.38. The molecule has 9 nitrogen and oxygen atoms in total. The number of amides is 1. The Labute approximate surface area is 150 Å². The van der Waals surface area contributed by atoms with Crippen molar-refractivity contribution in [1.29, 1.82) is 5.26 Å². The largest absolute Gasteiger partial charge is 0.488 e. The molecule has 3 rings (SSSR count). The molecule has 1 atom stereocenters. The van der Waals surface area contributed by atoms with Crippen molar-refractivity contribution in [3.05, 3.63) is 27.8 Å². The number of anilines is 1. The fourth-order valence-corrected chi connectivity index (χ4v) is 3.18. The topological polar surface area (TPSA) is 109 Å². The Morgan fingerprint density at radius 3 is 2.77 bits per heavy atom. The molecule has 1 amide bonds. The van der Waals surface area contributed by atoms with Gasteiger partial charge in [-0.15, -0.1) is 0 Å². The number of hydrogen-bond acceptors (Lipinski definition) is 7. The molecule has 0 bridgehead atoms. The van der Waals surface area contributed by atoms with Crippen LogP contribution in [0.2, 0.25) is 0 Å². The third-order valence-electron chi connectivity index (χ3n) is 4.29. The van der Waals surface area contributed by atoms with Crippen molar-refractivity contribution >= 4 is 17.5 Å². The van der Waals surface area contributed by atoms with Gasteiger partial charge in [0.15, 0.2) is 11.3 Å². The third kappa shape index (κ3) is 3.22. The maximum Gasteiger partial charge on any atom is 0.410 e. The number of nitrogens with zero attached hydrogens (tertiary/aromatic N) is 4. The SMILES string of the molecule is CC(C)(C)OC(=O)N1CCN2c3ccc([N+](=O)[O-])c(C#N)c3OC[C@H]2C1. The summed E-state index contributed by atoms with van der Waals surface area (Å²) in [7, 11) is 0. The van der Waals surface area contributed by atoms with Crippen molar-refractivity contribution in [3.8, 4) is 11.8 Å². The van der Waals surface area contributed by atoms with E-state index in [4.69, 9.17) is 9.47 Å². The number of piperazine rings is 1. The molecular formula is C17H20N4O5. The van der Waals surface area contributed by atoms with E-state index in [1.54, 1.807) is 11.0 Å². The second-order valence-corrected chi connectivity index (χ2v) is 7.26. The number of nitro benzene ring substituents is 1. The molecule has 0 unspecified atom stereocenters. The highest BCUT2D eigenvalue weighted by Crippen LogP contribution is 2.41. The third-order valence-corrected chi connectivity index (χ3v) is 4.29. The predicted octanol–water partition coefficient (Wildman–Crippen LogP) is 2.28. The summed E-state index contributed by atoms with van der Waals surface area (Å²) in [5.74, 6) is 0.240. The van der Waals surface area contributed by atoms with E-state index in [0.717, 1.165) is 0 Å². The van der Waals surface area contributed by atoms with Crippen molar-refractivity contribution in [2.75, 3.05) is 31.1 Å². The summed E-state index contributed by atoms with van der Waals surface area (Å²) in [6.07, 6.45) is -0.371. The minimum absolute atomic E-state index is 0.0690. The Kier molecular flexibility index (Phi) is 4.36. The molecule has 2 aliphatic heterocycles. The lowest BCUT2D eigenvalue weighted by atomic mass is 10.0. The smallest absolute Gasteiger partial charge is 0.410 e. The van der Waals surface area contributed by atoms with Crippen LogP contribution in [0.15, 0.2) is 12.1 Å². The number of rotatable bonds is 1. The van der Waals surface area contributed by atoms with Crippen molar-refractivity contribution in [1.82, 2.24) is 4.90 Å². The van der Waals surface area contributed by atoms with Gasteiger partial charge in [0.1, 0.15) is 18.3 Å². The van der Waals surface area contributed by atoms with E-state index >= 15 is 0 Å². The Bertz CT molecular complexity index is 796. The van der Waals surface area contributed by atoms with E-state index in [1.807, 2.05) is 31.7 Å². The lowest BCUT2D eigenvalue weighted by Gasteiger charge is -2.45. The number of hydrogen-bond donors (Lipinski definition) is 0. The van der Waals surface area contributed by atoms with Gasteiger partial charge in [-0.05, 0) is 26.8 Å². The van der Waals surface area contributed by atoms with Crippen LogP contribution in [0.25, 0.3) is 0 Å². The molecule has 9 heteroatoms. The van der Waals surface area contributed by atoms with E-state index in [1.165, 1.54) is 6.07 Å². The van der Waals surface area contributed by atoms with Crippen LogP contribution in [0.1, 0.15) is 26.3 Å². The van der Waals surface area contributed by atoms with Gasteiger partial charge in [0.05, 0.1) is 16.7 Å². The van der Waals surface area contributed by atoms with Crippen molar-refractivity contribution < 1.29 is 19.2 Å². The Morgan fingerprint density at radius 2 is 2.15 bits per heavy atom. The molecule has 2 heterocycles. The van der Waals surface area contributed by atoms with Crippen LogP contribution in [0.3, 0.4) is 0 Å². The lowest BCUT2D eigenvalue weighted by molar-refractivity contribution is -0.385. The van der Waals surface area contributed by atoms with Crippen LogP contribution >= 0.6 is 0 Å². The number of carbonyl (C=O) groups excluding carboxylic acids is 1. The fourth-order valence-electron chi connectivity index (χ4n) is 3.18. The average molecular weight is 360 g/mol. The standard InChI is InChI=1S/C17H20N4O5/c1-17(2,3)26-16(22)19-6-7-20-11(9-19)10-25-15-12(8-18)13(21(23)24)4-5-14(15)20/h4-5,11H,6-7,9-10H2,1-3H3/t11-/m1/s1. The molecule has 138 valence electrons. The van der Waals surface area contributed by atoms with Gasteiger partial charge < -0.3 is 19.3 Å². The average Bonchev–Trinajstić information content (AvgIpc) is 2.58. The van der Waals surface area contributed by atoms with Gasteiger partial charge in [-0.2, -0.15) is 5.26 Å². The number of ether oxygens (including phenoxy) is 2. The zero-order valence-corrected chi connectivity index (χ0v) is 14.9. The van der Waals surface area contributed by atoms with Crippen LogP contribution in [-0.4, -0.2) is 53.8 Å². The summed E-state index contributed by atoms with van der Waals surface area (Å²) in [4.78, 5) is 26.5. The maximum atomic E-state index is 12.3. The second-order valence-electron chi connectivity index (χ2n) is 7.26. The molecule has 0 saturated carbocycles. The first-order valence-electron chi connectivity index (χ1n) is 8.30. The molecule has 0 N–H and O–H groups in total. The molecule has 1 aromatic rings. The van der Waals surface area contributed by atoms with Crippen molar-refractivity contribution in [2.45, 2.75) is 32.4 Å². The van der Waals surface area contributed by atoms with Gasteiger partial charge in [0.25, 0.3) is 5.69 Å². The van der Waals surface area contributed by atoms with E-state index in [0.29, 0.717) is 25.3 Å². The first-order chi connectivity index (χ1) is 12.2. The minimum atomic E-state index is -0.589. The first kappa shape index (κ1) is 17.8. The minimum Gasteiger partial charge on any atom is -0.488 e. The van der Waals surface area contributed by atoms with Gasteiger partial charge in [0, 0.05) is 25.7 Å². The molecule has 0 aromatic heterocycles. The summed E-state index contributed by atoms with van der Waals surface area (Å²) < 4.78 is 11.1. The lowest BCUT2D eigenvalue weighted by Crippen LogP contribution is -2.59. The summed E-state index contributed by atoms with van der Waals surface area (Å²) in [6.45, 7) is 7.11. The first-order valence-corrected chi connectivity index (χ1v) is 8.30. The van der Waals surface area contributed by atoms with Crippen LogP contribution in [0, 0.1) is 21.4 Å². The van der Waals surface area contributed by atoms with Gasteiger partial charge in [-0.1, -0.05) is 0 Å². The van der Waals surface area contributed by atoms with E-state index < -0.39 is 10.5 Å². The summed E-state index contributed by atoms with van der Waals surface area (Å²) in [5.41, 5.74) is -0.255. The summed E-state index contributed by atoms with van der Waals surface area (Å²) >= 11 is 0. The number of nitriles is 1. The number of carbonyl (C=O) groups is 1. The Balaban J connectivity index is 1.83. The number of fused-ring (bicyclic) bond motifs is 3. The molecular weight excluding hydrogens is 340 g/mol. The molecule has 0 aliphatic carbocycles. The molecule has 0 spiro atoms. The molecule has 1 fully saturated rings. The zero-order chi connectivity index (χ0) is 19.1. The molecule has 26 heavy (non-hydrogen) atoms. The van der Waals surface area contributed by atoms with Crippen LogP contribution < -0.4 is 9.64 Å². The van der Waals surface area contributed by atoms with E-state index in [9.17, 15) is 20.2 Å². The zero-order valence-electron chi connectivity index (χ0n) is 14.9. The van der Waals surface area contributed by atoms with Crippen molar-refractivity contribution in [3.63, 3.8) is 0 Å². The van der Waals surface area contributed by atoms with Gasteiger partial charge >= 0.3 is 6.09 Å². The van der Waals surface area contributed by atoms with Crippen LogP contribution in [0.5, 0.6) is 5.75 Å². The van der Waals surface area contributed by atoms with Gasteiger partial charge in [-0.25, -0.2) is 4.79 Å². The monoisotopic (exact) mass is 360 g/mol. The molecule has 1 saturated heterocycles. The van der Waals surface area contributed by atoms with E-state index in [2.05, 4.69) is 0 Å². The summed E-state index contributed by atoms with van der Waals surface area (Å²) in [5, 5.41) is 20.4. The normalized spacial score (nSPS) is 18.9. The Morgan fingerprint density at radius 1 is 1.42 bits per heavy atom. The van der Waals surface area contributed by atoms with Gasteiger partial charge in [-0.3, -0.25) is 10.1 Å². The molecule has 1 aromatic carbocycles. The van der Waals surface area contributed by atoms with Crippen LogP contribution in [-0.2, 0) is 4.74 Å². The quantitative estimate of drug-likeness (QED) is 0.558. The number of nitro groups is 1. The highest BCUT2D eigenvalue weighted by molar-refractivity contribution is 5.74. The molecule has 0 radical (unpaired) electrons.